The van der Waals surface area contributed by atoms with Crippen LogP contribution in [0.25, 0.3) is 12.2 Å². The van der Waals surface area contributed by atoms with Crippen molar-refractivity contribution in [1.82, 2.24) is 0 Å². The molecule has 1 amide bonds. The molecule has 0 aromatic heterocycles. The van der Waals surface area contributed by atoms with E-state index in [4.69, 9.17) is 4.84 Å². The minimum Gasteiger partial charge on any atom is -0.453 e. The van der Waals surface area contributed by atoms with E-state index in [2.05, 4.69) is 21.8 Å². The molecule has 0 heterocycles. The summed E-state index contributed by atoms with van der Waals surface area (Å²) in [4.78, 5) is 16.5. The van der Waals surface area contributed by atoms with Crippen molar-refractivity contribution in [2.45, 2.75) is 6.92 Å². The van der Waals surface area contributed by atoms with Crippen molar-refractivity contribution < 1.29 is 14.4 Å². The molecule has 0 fully saturated rings. The highest BCUT2D eigenvalue weighted by atomic mass is 16.6. The summed E-state index contributed by atoms with van der Waals surface area (Å²) in [5, 5.41) is 6.73. The molecule has 2 rings (SSSR count). The maximum absolute atomic E-state index is 11.4. The standard InChI is InChI=1S/C21H22N2O3/c1-4-15-26-23-16(2)18-12-9-17(10-13-18)11-14-19-7-5-6-8-20(19)22-21(24)25-3/h4-14H,1,15H2,2-3H3,(H,22,24). The van der Waals surface area contributed by atoms with Gasteiger partial charge in [-0.25, -0.2) is 4.79 Å². The summed E-state index contributed by atoms with van der Waals surface area (Å²) in [5.41, 5.74) is 4.39. The van der Waals surface area contributed by atoms with Crippen molar-refractivity contribution in [3.05, 3.63) is 77.9 Å². The third-order valence-corrected chi connectivity index (χ3v) is 3.56. The zero-order valence-electron chi connectivity index (χ0n) is 14.9. The number of rotatable bonds is 7. The van der Waals surface area contributed by atoms with Crippen molar-refractivity contribution in [1.29, 1.82) is 0 Å². The largest absolute Gasteiger partial charge is 0.453 e. The minimum atomic E-state index is -0.497. The van der Waals surface area contributed by atoms with Crippen LogP contribution in [-0.2, 0) is 9.57 Å². The number of hydrogen-bond acceptors (Lipinski definition) is 4. The third-order valence-electron chi connectivity index (χ3n) is 3.56. The predicted octanol–water partition coefficient (Wildman–Crippen LogP) is 4.96. The van der Waals surface area contributed by atoms with Crippen LogP contribution in [0, 0.1) is 0 Å². The Balaban J connectivity index is 2.11. The second kappa shape index (κ2) is 9.84. The normalized spacial score (nSPS) is 11.2. The van der Waals surface area contributed by atoms with Gasteiger partial charge in [0.15, 0.2) is 0 Å². The van der Waals surface area contributed by atoms with Crippen LogP contribution >= 0.6 is 0 Å². The lowest BCUT2D eigenvalue weighted by Crippen LogP contribution is -2.11. The molecule has 0 aliphatic heterocycles. The fourth-order valence-electron chi connectivity index (χ4n) is 2.18. The summed E-state index contributed by atoms with van der Waals surface area (Å²) in [6, 6.07) is 15.5. The molecule has 0 unspecified atom stereocenters. The molecule has 5 nitrogen and oxygen atoms in total. The molecule has 0 spiro atoms. The van der Waals surface area contributed by atoms with Crippen LogP contribution in [0.2, 0.25) is 0 Å². The highest BCUT2D eigenvalue weighted by Gasteiger charge is 2.03. The fourth-order valence-corrected chi connectivity index (χ4v) is 2.18. The van der Waals surface area contributed by atoms with Crippen LogP contribution in [0.15, 0.2) is 66.3 Å². The maximum atomic E-state index is 11.4. The number of nitrogens with one attached hydrogen (secondary N) is 1. The van der Waals surface area contributed by atoms with Crippen LogP contribution < -0.4 is 5.32 Å². The van der Waals surface area contributed by atoms with Gasteiger partial charge >= 0.3 is 6.09 Å². The Kier molecular flexibility index (Phi) is 7.18. The summed E-state index contributed by atoms with van der Waals surface area (Å²) in [6.45, 7) is 5.86. The summed E-state index contributed by atoms with van der Waals surface area (Å²) in [6.07, 6.45) is 5.07. The summed E-state index contributed by atoms with van der Waals surface area (Å²) in [5.74, 6) is 0. The van der Waals surface area contributed by atoms with Crippen molar-refractivity contribution in [3.8, 4) is 0 Å². The number of carbonyl (C=O) groups is 1. The first-order valence-corrected chi connectivity index (χ1v) is 8.14. The monoisotopic (exact) mass is 350 g/mol. The van der Waals surface area contributed by atoms with Crippen LogP contribution in [0.3, 0.4) is 0 Å². The van der Waals surface area contributed by atoms with Crippen molar-refractivity contribution in [3.63, 3.8) is 0 Å². The Bertz CT molecular complexity index is 808. The van der Waals surface area contributed by atoms with Crippen LogP contribution in [0.5, 0.6) is 0 Å². The quantitative estimate of drug-likeness (QED) is 0.252. The highest BCUT2D eigenvalue weighted by Crippen LogP contribution is 2.19. The van der Waals surface area contributed by atoms with Gasteiger partial charge in [-0.1, -0.05) is 72.4 Å². The Labute approximate surface area is 153 Å². The molecular weight excluding hydrogens is 328 g/mol. The Hall–Kier alpha value is -3.34. The zero-order valence-corrected chi connectivity index (χ0v) is 14.9. The molecule has 0 radical (unpaired) electrons. The number of oxime groups is 1. The molecule has 0 atom stereocenters. The van der Waals surface area contributed by atoms with Gasteiger partial charge in [-0.15, -0.1) is 0 Å². The molecule has 0 saturated carbocycles. The Morgan fingerprint density at radius 3 is 2.58 bits per heavy atom. The summed E-state index contributed by atoms with van der Waals surface area (Å²) < 4.78 is 4.64. The van der Waals surface area contributed by atoms with Crippen molar-refractivity contribution in [2.75, 3.05) is 19.0 Å². The molecule has 26 heavy (non-hydrogen) atoms. The van der Waals surface area contributed by atoms with Gasteiger partial charge < -0.3 is 9.57 Å². The number of benzene rings is 2. The van der Waals surface area contributed by atoms with Gasteiger partial charge in [-0.3, -0.25) is 5.32 Å². The molecule has 134 valence electrons. The number of amides is 1. The van der Waals surface area contributed by atoms with E-state index in [0.29, 0.717) is 12.3 Å². The fraction of sp³-hybridized carbons (Fsp3) is 0.143. The van der Waals surface area contributed by atoms with E-state index in [0.717, 1.165) is 22.4 Å². The van der Waals surface area contributed by atoms with E-state index in [-0.39, 0.29) is 0 Å². The van der Waals surface area contributed by atoms with E-state index in [1.165, 1.54) is 7.11 Å². The number of hydrogen-bond donors (Lipinski definition) is 1. The van der Waals surface area contributed by atoms with Gasteiger partial charge in [-0.2, -0.15) is 0 Å². The van der Waals surface area contributed by atoms with E-state index < -0.39 is 6.09 Å². The number of carbonyl (C=O) groups excluding carboxylic acids is 1. The average molecular weight is 350 g/mol. The van der Waals surface area contributed by atoms with Gasteiger partial charge in [0.25, 0.3) is 0 Å². The van der Waals surface area contributed by atoms with Crippen LogP contribution in [-0.4, -0.2) is 25.5 Å². The summed E-state index contributed by atoms with van der Waals surface area (Å²) in [7, 11) is 1.34. The molecule has 0 aliphatic carbocycles. The molecule has 1 N–H and O–H groups in total. The molecule has 0 bridgehead atoms. The van der Waals surface area contributed by atoms with Crippen molar-refractivity contribution >= 4 is 29.6 Å². The first-order valence-electron chi connectivity index (χ1n) is 8.14. The Morgan fingerprint density at radius 1 is 1.15 bits per heavy atom. The van der Waals surface area contributed by atoms with Gasteiger partial charge in [0, 0.05) is 0 Å². The van der Waals surface area contributed by atoms with Gasteiger partial charge in [0.2, 0.25) is 0 Å². The first kappa shape index (κ1) is 19.0. The molecular formula is C21H22N2O3. The van der Waals surface area contributed by atoms with E-state index in [1.54, 1.807) is 6.08 Å². The highest BCUT2D eigenvalue weighted by molar-refractivity contribution is 5.98. The lowest BCUT2D eigenvalue weighted by atomic mass is 10.1. The number of ether oxygens (including phenoxy) is 1. The Morgan fingerprint density at radius 2 is 1.88 bits per heavy atom. The first-order chi connectivity index (χ1) is 12.6. The maximum Gasteiger partial charge on any atom is 0.411 e. The molecule has 2 aromatic rings. The smallest absolute Gasteiger partial charge is 0.411 e. The summed E-state index contributed by atoms with van der Waals surface area (Å²) >= 11 is 0. The molecule has 0 aliphatic rings. The molecule has 0 saturated heterocycles. The second-order valence-electron chi connectivity index (χ2n) is 5.42. The number of anilines is 1. The lowest BCUT2D eigenvalue weighted by Gasteiger charge is -2.07. The minimum absolute atomic E-state index is 0.386. The van der Waals surface area contributed by atoms with Crippen LogP contribution in [0.4, 0.5) is 10.5 Å². The second-order valence-corrected chi connectivity index (χ2v) is 5.42. The van der Waals surface area contributed by atoms with E-state index >= 15 is 0 Å². The van der Waals surface area contributed by atoms with E-state index in [1.807, 2.05) is 67.6 Å². The van der Waals surface area contributed by atoms with E-state index in [9.17, 15) is 4.79 Å². The molecule has 5 heteroatoms. The SMILES string of the molecule is C=CCON=C(C)c1ccc(C=Cc2ccccc2NC(=O)OC)cc1. The third kappa shape index (κ3) is 5.63. The average Bonchev–Trinajstić information content (AvgIpc) is 2.67. The lowest BCUT2D eigenvalue weighted by molar-refractivity contribution is 0.175. The van der Waals surface area contributed by atoms with Crippen LogP contribution in [0.1, 0.15) is 23.6 Å². The topological polar surface area (TPSA) is 59.9 Å². The number of nitrogens with zero attached hydrogens (tertiary/aromatic N) is 1. The van der Waals surface area contributed by atoms with Gasteiger partial charge in [0.05, 0.1) is 18.5 Å². The van der Waals surface area contributed by atoms with Gasteiger partial charge in [-0.05, 0) is 29.7 Å². The van der Waals surface area contributed by atoms with Gasteiger partial charge in [0.1, 0.15) is 6.61 Å². The number of methoxy groups -OCH3 is 1. The zero-order chi connectivity index (χ0) is 18.8. The predicted molar refractivity (Wildman–Crippen MR) is 106 cm³/mol. The number of para-hydroxylation sites is 1. The van der Waals surface area contributed by atoms with Crippen molar-refractivity contribution in [2.24, 2.45) is 5.16 Å². The molecule has 2 aromatic carbocycles.